The number of benzene rings is 1. The van der Waals surface area contributed by atoms with Crippen LogP contribution in [0, 0.1) is 5.82 Å². The predicted octanol–water partition coefficient (Wildman–Crippen LogP) is 3.15. The minimum absolute atomic E-state index is 0.341. The molecule has 3 nitrogen and oxygen atoms in total. The second kappa shape index (κ2) is 5.69. The summed E-state index contributed by atoms with van der Waals surface area (Å²) in [5, 5.41) is 3.21. The van der Waals surface area contributed by atoms with E-state index in [2.05, 4.69) is 21.2 Å². The molecule has 1 aliphatic heterocycles. The van der Waals surface area contributed by atoms with E-state index in [1.54, 1.807) is 6.07 Å². The molecule has 5 heteroatoms. The van der Waals surface area contributed by atoms with Gasteiger partial charge < -0.3 is 15.8 Å². The van der Waals surface area contributed by atoms with Gasteiger partial charge >= 0.3 is 0 Å². The van der Waals surface area contributed by atoms with E-state index in [0.717, 1.165) is 38.1 Å². The number of rotatable bonds is 4. The van der Waals surface area contributed by atoms with Gasteiger partial charge in [-0.15, -0.1) is 0 Å². The Balaban J connectivity index is 1.87. The average Bonchev–Trinajstić information content (AvgIpc) is 2.78. The largest absolute Gasteiger partial charge is 0.397 e. The first-order valence-corrected chi connectivity index (χ1v) is 6.56. The lowest BCUT2D eigenvalue weighted by Crippen LogP contribution is -2.13. The van der Waals surface area contributed by atoms with Crippen molar-refractivity contribution in [2.75, 3.05) is 24.2 Å². The second-order valence-corrected chi connectivity index (χ2v) is 5.06. The second-order valence-electron chi connectivity index (χ2n) is 4.20. The lowest BCUT2D eigenvalue weighted by Gasteiger charge is -2.13. The Kier molecular flexibility index (Phi) is 4.23. The monoisotopic (exact) mass is 302 g/mol. The minimum Gasteiger partial charge on any atom is -0.397 e. The summed E-state index contributed by atoms with van der Waals surface area (Å²) < 4.78 is 19.1. The molecule has 0 aliphatic carbocycles. The van der Waals surface area contributed by atoms with Crippen LogP contribution in [0.1, 0.15) is 19.3 Å². The van der Waals surface area contributed by atoms with Gasteiger partial charge in [0.2, 0.25) is 0 Å². The molecule has 1 unspecified atom stereocenters. The van der Waals surface area contributed by atoms with Gasteiger partial charge in [0.05, 0.1) is 22.0 Å². The third-order valence-corrected chi connectivity index (χ3v) is 3.51. The smallest absolute Gasteiger partial charge is 0.139 e. The molecule has 0 spiro atoms. The maximum absolute atomic E-state index is 13.2. The minimum atomic E-state index is -0.341. The van der Waals surface area contributed by atoms with E-state index in [1.165, 1.54) is 6.07 Å². The van der Waals surface area contributed by atoms with Crippen molar-refractivity contribution in [3.63, 3.8) is 0 Å². The number of hydrogen-bond acceptors (Lipinski definition) is 3. The van der Waals surface area contributed by atoms with Crippen LogP contribution in [0.3, 0.4) is 0 Å². The first kappa shape index (κ1) is 12.6. The number of anilines is 2. The van der Waals surface area contributed by atoms with Gasteiger partial charge in [-0.25, -0.2) is 4.39 Å². The molecule has 1 aliphatic rings. The quantitative estimate of drug-likeness (QED) is 0.840. The van der Waals surface area contributed by atoms with Crippen LogP contribution in [-0.4, -0.2) is 19.3 Å². The standard InChI is InChI=1S/C12H16BrFN2O/c13-9-6-12(11(15)7-10(9)14)16-4-3-8-2-1-5-17-8/h6-8,16H,1-5,15H2. The fraction of sp³-hybridized carbons (Fsp3) is 0.500. The van der Waals surface area contributed by atoms with Crippen LogP contribution >= 0.6 is 15.9 Å². The Morgan fingerprint density at radius 1 is 1.53 bits per heavy atom. The molecule has 2 rings (SSSR count). The fourth-order valence-corrected chi connectivity index (χ4v) is 2.30. The van der Waals surface area contributed by atoms with Crippen molar-refractivity contribution in [3.05, 3.63) is 22.4 Å². The highest BCUT2D eigenvalue weighted by Gasteiger charge is 2.14. The zero-order valence-electron chi connectivity index (χ0n) is 9.51. The molecule has 1 atom stereocenters. The van der Waals surface area contributed by atoms with Crippen molar-refractivity contribution in [2.24, 2.45) is 0 Å². The normalized spacial score (nSPS) is 19.5. The van der Waals surface area contributed by atoms with Gasteiger partial charge in [-0.3, -0.25) is 0 Å². The summed E-state index contributed by atoms with van der Waals surface area (Å²) in [4.78, 5) is 0. The van der Waals surface area contributed by atoms with E-state index >= 15 is 0 Å². The topological polar surface area (TPSA) is 47.3 Å². The highest BCUT2D eigenvalue weighted by atomic mass is 79.9. The van der Waals surface area contributed by atoms with Crippen molar-refractivity contribution >= 4 is 27.3 Å². The summed E-state index contributed by atoms with van der Waals surface area (Å²) in [6.07, 6.45) is 3.58. The third kappa shape index (κ3) is 3.33. The van der Waals surface area contributed by atoms with E-state index in [4.69, 9.17) is 10.5 Å². The molecule has 1 fully saturated rings. The molecular formula is C12H16BrFN2O. The van der Waals surface area contributed by atoms with E-state index in [0.29, 0.717) is 16.3 Å². The summed E-state index contributed by atoms with van der Waals surface area (Å²) in [6.45, 7) is 1.65. The fourth-order valence-electron chi connectivity index (χ4n) is 1.96. The molecule has 0 bridgehead atoms. The van der Waals surface area contributed by atoms with Crippen LogP contribution in [0.25, 0.3) is 0 Å². The van der Waals surface area contributed by atoms with Crippen molar-refractivity contribution in [2.45, 2.75) is 25.4 Å². The molecule has 1 heterocycles. The van der Waals surface area contributed by atoms with Gasteiger partial charge in [-0.05, 0) is 41.3 Å². The summed E-state index contributed by atoms with van der Waals surface area (Å²) in [5.41, 5.74) is 6.92. The SMILES string of the molecule is Nc1cc(F)c(Br)cc1NCCC1CCCO1. The van der Waals surface area contributed by atoms with Crippen molar-refractivity contribution in [3.8, 4) is 0 Å². The third-order valence-electron chi connectivity index (χ3n) is 2.90. The van der Waals surface area contributed by atoms with Crippen LogP contribution in [0.2, 0.25) is 0 Å². The zero-order valence-corrected chi connectivity index (χ0v) is 11.1. The average molecular weight is 303 g/mol. The summed E-state index contributed by atoms with van der Waals surface area (Å²) in [6, 6.07) is 2.98. The Bertz CT molecular complexity index is 394. The van der Waals surface area contributed by atoms with Crippen LogP contribution in [-0.2, 0) is 4.74 Å². The van der Waals surface area contributed by atoms with Crippen LogP contribution < -0.4 is 11.1 Å². The van der Waals surface area contributed by atoms with Gasteiger partial charge in [0.15, 0.2) is 0 Å². The van der Waals surface area contributed by atoms with Crippen LogP contribution in [0.5, 0.6) is 0 Å². The molecule has 17 heavy (non-hydrogen) atoms. The number of ether oxygens (including phenoxy) is 1. The molecule has 1 saturated heterocycles. The zero-order chi connectivity index (χ0) is 12.3. The van der Waals surface area contributed by atoms with E-state index in [9.17, 15) is 4.39 Å². The molecule has 0 radical (unpaired) electrons. The molecule has 0 aromatic heterocycles. The van der Waals surface area contributed by atoms with E-state index < -0.39 is 0 Å². The van der Waals surface area contributed by atoms with Gasteiger partial charge in [0, 0.05) is 19.2 Å². The van der Waals surface area contributed by atoms with Gasteiger partial charge in [-0.2, -0.15) is 0 Å². The maximum Gasteiger partial charge on any atom is 0.139 e. The van der Waals surface area contributed by atoms with Gasteiger partial charge in [-0.1, -0.05) is 0 Å². The first-order valence-electron chi connectivity index (χ1n) is 5.77. The molecule has 1 aromatic rings. The Labute approximate surface area is 109 Å². The lowest BCUT2D eigenvalue weighted by atomic mass is 10.2. The van der Waals surface area contributed by atoms with Crippen molar-refractivity contribution < 1.29 is 9.13 Å². The van der Waals surface area contributed by atoms with Crippen molar-refractivity contribution in [1.82, 2.24) is 0 Å². The molecule has 0 amide bonds. The highest BCUT2D eigenvalue weighted by molar-refractivity contribution is 9.10. The number of nitrogens with one attached hydrogen (secondary N) is 1. The maximum atomic E-state index is 13.2. The van der Waals surface area contributed by atoms with Gasteiger partial charge in [0.25, 0.3) is 0 Å². The lowest BCUT2D eigenvalue weighted by molar-refractivity contribution is 0.107. The molecule has 94 valence electrons. The number of nitrogen functional groups attached to an aromatic ring is 1. The molecular weight excluding hydrogens is 287 g/mol. The van der Waals surface area contributed by atoms with Gasteiger partial charge in [0.1, 0.15) is 5.82 Å². The number of halogens is 2. The number of hydrogen-bond donors (Lipinski definition) is 2. The summed E-state index contributed by atoms with van der Waals surface area (Å²) >= 11 is 3.14. The Morgan fingerprint density at radius 3 is 3.06 bits per heavy atom. The molecule has 1 aromatic carbocycles. The van der Waals surface area contributed by atoms with E-state index in [-0.39, 0.29) is 5.82 Å². The number of nitrogens with two attached hydrogens (primary N) is 1. The Hall–Kier alpha value is -0.810. The molecule has 3 N–H and O–H groups in total. The van der Waals surface area contributed by atoms with Crippen LogP contribution in [0.4, 0.5) is 15.8 Å². The molecule has 0 saturated carbocycles. The summed E-state index contributed by atoms with van der Waals surface area (Å²) in [7, 11) is 0. The van der Waals surface area contributed by atoms with Crippen LogP contribution in [0.15, 0.2) is 16.6 Å². The van der Waals surface area contributed by atoms with Crippen molar-refractivity contribution in [1.29, 1.82) is 0 Å². The Morgan fingerprint density at radius 2 is 2.35 bits per heavy atom. The summed E-state index contributed by atoms with van der Waals surface area (Å²) in [5.74, 6) is -0.341. The predicted molar refractivity (Wildman–Crippen MR) is 70.6 cm³/mol. The first-order chi connectivity index (χ1) is 8.16. The highest BCUT2D eigenvalue weighted by Crippen LogP contribution is 2.26. The van der Waals surface area contributed by atoms with E-state index in [1.807, 2.05) is 0 Å².